The van der Waals surface area contributed by atoms with E-state index in [9.17, 15) is 14.4 Å². The van der Waals surface area contributed by atoms with E-state index >= 15 is 0 Å². The Morgan fingerprint density at radius 2 is 2.00 bits per heavy atom. The molecule has 9 heteroatoms. The van der Waals surface area contributed by atoms with E-state index in [0.717, 1.165) is 11.1 Å². The number of carbonyl (C=O) groups is 3. The molecule has 0 unspecified atom stereocenters. The summed E-state index contributed by atoms with van der Waals surface area (Å²) in [6.07, 6.45) is 8.14. The van der Waals surface area contributed by atoms with Crippen molar-refractivity contribution in [1.82, 2.24) is 10.2 Å². The molecule has 1 N–H and O–H groups in total. The quantitative estimate of drug-likeness (QED) is 0.676. The van der Waals surface area contributed by atoms with Crippen LogP contribution in [0.1, 0.15) is 18.9 Å². The number of piperazine rings is 1. The highest BCUT2D eigenvalue weighted by Gasteiger charge is 2.66. The highest BCUT2D eigenvalue weighted by Crippen LogP contribution is 2.51. The first-order valence-corrected chi connectivity index (χ1v) is 12.3. The molecule has 4 rings (SSSR count). The lowest BCUT2D eigenvalue weighted by molar-refractivity contribution is -0.158. The van der Waals surface area contributed by atoms with Gasteiger partial charge in [0.1, 0.15) is 6.10 Å². The van der Waals surface area contributed by atoms with Gasteiger partial charge in [-0.1, -0.05) is 30.3 Å². The number of fused-ring (bicyclic) bond motifs is 3. The van der Waals surface area contributed by atoms with Crippen LogP contribution in [-0.4, -0.2) is 57.1 Å². The van der Waals surface area contributed by atoms with Crippen molar-refractivity contribution in [2.45, 2.75) is 41.7 Å². The lowest BCUT2D eigenvalue weighted by Crippen LogP contribution is -2.74. The van der Waals surface area contributed by atoms with E-state index in [1.807, 2.05) is 42.8 Å². The van der Waals surface area contributed by atoms with Crippen LogP contribution < -0.4 is 5.32 Å². The minimum absolute atomic E-state index is 0.210. The van der Waals surface area contributed by atoms with Crippen molar-refractivity contribution < 1.29 is 23.9 Å². The van der Waals surface area contributed by atoms with Crippen LogP contribution in [0, 0.1) is 0 Å². The fourth-order valence-electron chi connectivity index (χ4n) is 4.46. The number of hydrogen-bond acceptors (Lipinski definition) is 7. The zero-order valence-corrected chi connectivity index (χ0v) is 19.1. The molecule has 3 aliphatic rings. The second kappa shape index (κ2) is 8.27. The number of esters is 1. The predicted octanol–water partition coefficient (Wildman–Crippen LogP) is 2.44. The van der Waals surface area contributed by atoms with Crippen molar-refractivity contribution in [3.63, 3.8) is 0 Å². The number of hydrogen-bond donors (Lipinski definition) is 1. The largest absolute Gasteiger partial charge is 0.473 e. The van der Waals surface area contributed by atoms with E-state index in [4.69, 9.17) is 9.47 Å². The van der Waals surface area contributed by atoms with Gasteiger partial charge in [0.05, 0.1) is 18.6 Å². The average molecular weight is 461 g/mol. The number of benzene rings is 1. The maximum atomic E-state index is 14.1. The van der Waals surface area contributed by atoms with Gasteiger partial charge >= 0.3 is 5.97 Å². The normalized spacial score (nSPS) is 31.7. The smallest absolute Gasteiger partial charge is 0.303 e. The lowest BCUT2D eigenvalue weighted by atomic mass is 9.99. The molecule has 164 valence electrons. The molecule has 0 bridgehead atoms. The van der Waals surface area contributed by atoms with Gasteiger partial charge in [-0.15, -0.1) is 23.5 Å². The highest BCUT2D eigenvalue weighted by molar-refractivity contribution is 8.01. The molecule has 0 radical (unpaired) electrons. The predicted molar refractivity (Wildman–Crippen MR) is 120 cm³/mol. The maximum Gasteiger partial charge on any atom is 0.303 e. The Bertz CT molecular complexity index is 966. The molecule has 3 heterocycles. The number of nitrogens with one attached hydrogen (secondary N) is 1. The zero-order valence-electron chi connectivity index (χ0n) is 17.5. The van der Waals surface area contributed by atoms with Crippen LogP contribution in [0.25, 0.3) is 0 Å². The second-order valence-corrected chi connectivity index (χ2v) is 9.85. The van der Waals surface area contributed by atoms with Gasteiger partial charge in [-0.3, -0.25) is 14.4 Å². The van der Waals surface area contributed by atoms with Crippen molar-refractivity contribution in [2.75, 3.05) is 12.5 Å². The first kappa shape index (κ1) is 21.8. The van der Waals surface area contributed by atoms with Gasteiger partial charge in [0.2, 0.25) is 0 Å². The molecular formula is C22H24N2O5S2. The van der Waals surface area contributed by atoms with Gasteiger partial charge in [-0.2, -0.15) is 0 Å². The summed E-state index contributed by atoms with van der Waals surface area (Å²) in [6, 6.07) is 8.99. The Morgan fingerprint density at radius 1 is 1.26 bits per heavy atom. The maximum absolute atomic E-state index is 14.1. The number of ether oxygens (including phenoxy) is 2. The average Bonchev–Trinajstić information content (AvgIpc) is 2.99. The molecule has 3 aliphatic heterocycles. The summed E-state index contributed by atoms with van der Waals surface area (Å²) in [7, 11) is 0. The molecule has 2 amide bonds. The van der Waals surface area contributed by atoms with Crippen LogP contribution in [0.3, 0.4) is 0 Å². The molecule has 0 aromatic heterocycles. The Balaban J connectivity index is 1.81. The first-order chi connectivity index (χ1) is 14.9. The summed E-state index contributed by atoms with van der Waals surface area (Å²) in [5.41, 5.74) is 1.68. The number of carbonyl (C=O) groups excluding carboxylic acids is 3. The van der Waals surface area contributed by atoms with E-state index in [0.29, 0.717) is 12.8 Å². The van der Waals surface area contributed by atoms with Crippen LogP contribution in [0.4, 0.5) is 0 Å². The van der Waals surface area contributed by atoms with Gasteiger partial charge in [0, 0.05) is 19.8 Å². The van der Waals surface area contributed by atoms with Crippen LogP contribution in [-0.2, 0) is 30.3 Å². The topological polar surface area (TPSA) is 84.9 Å². The fraction of sp³-hybridized carbons (Fsp3) is 0.409. The van der Waals surface area contributed by atoms with Gasteiger partial charge in [0.25, 0.3) is 11.8 Å². The minimum atomic E-state index is -1.16. The Hall–Kier alpha value is -2.39. The fourth-order valence-corrected chi connectivity index (χ4v) is 6.18. The summed E-state index contributed by atoms with van der Waals surface area (Å²) < 4.78 is 11.0. The Morgan fingerprint density at radius 3 is 2.65 bits per heavy atom. The third kappa shape index (κ3) is 3.53. The minimum Gasteiger partial charge on any atom is -0.473 e. The Kier molecular flexibility index (Phi) is 5.83. The number of thioether (sulfide) groups is 2. The molecule has 31 heavy (non-hydrogen) atoms. The third-order valence-electron chi connectivity index (χ3n) is 5.89. The summed E-state index contributed by atoms with van der Waals surface area (Å²) in [5.74, 6) is -0.907. The van der Waals surface area contributed by atoms with Crippen molar-refractivity contribution in [2.24, 2.45) is 0 Å². The lowest BCUT2D eigenvalue weighted by Gasteiger charge is -2.50. The van der Waals surface area contributed by atoms with Crippen molar-refractivity contribution >= 4 is 41.3 Å². The van der Waals surface area contributed by atoms with Crippen LogP contribution >= 0.6 is 23.5 Å². The second-order valence-electron chi connectivity index (χ2n) is 7.66. The van der Waals surface area contributed by atoms with E-state index < -0.39 is 27.9 Å². The highest BCUT2D eigenvalue weighted by atomic mass is 32.2. The van der Waals surface area contributed by atoms with Crippen molar-refractivity contribution in [1.29, 1.82) is 0 Å². The summed E-state index contributed by atoms with van der Waals surface area (Å²) in [4.78, 5) is 38.8. The standard InChI is InChI=1S/C22H24N2O5S2/c1-14(25)29-17-9-10-28-13-16-12-22(31-3)19(26)23-21(30-2,20(27)24(22)18(16)17)11-15-7-5-4-6-8-15/h4-10,13,17-18H,11-12H2,1-3H3,(H,23,26)/t17-,18-,21+,22+/m0/s1. The third-order valence-corrected chi connectivity index (χ3v) is 8.21. The van der Waals surface area contributed by atoms with Crippen LogP contribution in [0.15, 0.2) is 54.5 Å². The number of rotatable bonds is 5. The molecule has 7 nitrogen and oxygen atoms in total. The Labute approximate surface area is 189 Å². The number of nitrogens with zero attached hydrogens (tertiary/aromatic N) is 1. The van der Waals surface area contributed by atoms with E-state index in [2.05, 4.69) is 5.32 Å². The zero-order chi connectivity index (χ0) is 22.2. The summed E-state index contributed by atoms with van der Waals surface area (Å²) >= 11 is 2.62. The van der Waals surface area contributed by atoms with E-state index in [1.54, 1.807) is 17.2 Å². The van der Waals surface area contributed by atoms with Crippen molar-refractivity contribution in [3.05, 3.63) is 60.1 Å². The molecular weight excluding hydrogens is 436 g/mol. The summed E-state index contributed by atoms with van der Waals surface area (Å²) in [6.45, 7) is 1.33. The van der Waals surface area contributed by atoms with E-state index in [-0.39, 0.29) is 11.8 Å². The number of amides is 2. The SMILES string of the molecule is CS[C@@]1(Cc2ccccc2)NC(=O)[C@]2(SC)CC3=COC=C[C@H](OC(C)=O)[C@H]3N2C1=O. The first-order valence-electron chi connectivity index (χ1n) is 9.86. The van der Waals surface area contributed by atoms with Crippen LogP contribution in [0.5, 0.6) is 0 Å². The molecule has 2 fully saturated rings. The summed E-state index contributed by atoms with van der Waals surface area (Å²) in [5, 5.41) is 3.04. The molecule has 1 aromatic carbocycles. The van der Waals surface area contributed by atoms with E-state index in [1.165, 1.54) is 36.7 Å². The van der Waals surface area contributed by atoms with Crippen molar-refractivity contribution in [3.8, 4) is 0 Å². The van der Waals surface area contributed by atoms with Gasteiger partial charge in [-0.25, -0.2) is 0 Å². The van der Waals surface area contributed by atoms with Gasteiger partial charge < -0.3 is 19.7 Å². The molecule has 0 aliphatic carbocycles. The molecule has 1 aromatic rings. The molecule has 0 spiro atoms. The molecule has 2 saturated heterocycles. The van der Waals surface area contributed by atoms with Gasteiger partial charge in [0.15, 0.2) is 9.74 Å². The molecule has 0 saturated carbocycles. The monoisotopic (exact) mass is 460 g/mol. The van der Waals surface area contributed by atoms with Gasteiger partial charge in [-0.05, 0) is 29.7 Å². The van der Waals surface area contributed by atoms with Crippen LogP contribution in [0.2, 0.25) is 0 Å². The molecule has 4 atom stereocenters.